The lowest BCUT2D eigenvalue weighted by molar-refractivity contribution is 0.121. The van der Waals surface area contributed by atoms with Crippen LogP contribution in [0, 0.1) is 11.8 Å². The predicted octanol–water partition coefficient (Wildman–Crippen LogP) is 1.38. The summed E-state index contributed by atoms with van der Waals surface area (Å²) >= 11 is 0. The number of aromatic hydroxyl groups is 1. The molecule has 3 N–H and O–H groups in total. The minimum atomic E-state index is -0.546. The zero-order valence-corrected chi connectivity index (χ0v) is 11.4. The van der Waals surface area contributed by atoms with Crippen LogP contribution in [0.3, 0.4) is 0 Å². The van der Waals surface area contributed by atoms with Gasteiger partial charge >= 0.3 is 0 Å². The van der Waals surface area contributed by atoms with Crippen LogP contribution in [0.1, 0.15) is 25.0 Å². The molecule has 0 radical (unpaired) electrons. The normalized spacial score (nSPS) is 25.6. The minimum absolute atomic E-state index is 0.212. The van der Waals surface area contributed by atoms with Crippen molar-refractivity contribution in [3.8, 4) is 5.75 Å². The molecular formula is C15H23NO3. The molecular weight excluding hydrogens is 242 g/mol. The molecule has 1 aromatic rings. The molecule has 0 spiro atoms. The van der Waals surface area contributed by atoms with Gasteiger partial charge in [-0.25, -0.2) is 0 Å². The first kappa shape index (κ1) is 14.3. The number of hydrogen-bond acceptors (Lipinski definition) is 4. The van der Waals surface area contributed by atoms with E-state index in [0.29, 0.717) is 18.4 Å². The molecule has 0 aromatic heterocycles. The third kappa shape index (κ3) is 3.47. The Hall–Kier alpha value is -1.10. The number of phenols is 1. The first-order valence-electron chi connectivity index (χ1n) is 6.94. The lowest BCUT2D eigenvalue weighted by atomic mass is 9.95. The Labute approximate surface area is 114 Å². The molecule has 1 fully saturated rings. The van der Waals surface area contributed by atoms with Crippen molar-refractivity contribution in [1.29, 1.82) is 0 Å². The zero-order chi connectivity index (χ0) is 13.8. The topological polar surface area (TPSA) is 63.9 Å². The molecule has 0 amide bonds. The van der Waals surface area contributed by atoms with E-state index in [1.54, 1.807) is 24.3 Å². The predicted molar refractivity (Wildman–Crippen MR) is 73.9 cm³/mol. The Balaban J connectivity index is 1.93. The Morgan fingerprint density at radius 2 is 1.84 bits per heavy atom. The van der Waals surface area contributed by atoms with Crippen molar-refractivity contribution >= 4 is 0 Å². The highest BCUT2D eigenvalue weighted by Crippen LogP contribution is 2.27. The number of aliphatic hydroxyl groups excluding tert-OH is 2. The lowest BCUT2D eigenvalue weighted by Crippen LogP contribution is -2.27. The van der Waals surface area contributed by atoms with Crippen LogP contribution in [0.25, 0.3) is 0 Å². The van der Waals surface area contributed by atoms with Gasteiger partial charge in [0.05, 0.1) is 6.10 Å². The van der Waals surface area contributed by atoms with E-state index in [-0.39, 0.29) is 12.4 Å². The van der Waals surface area contributed by atoms with Crippen molar-refractivity contribution in [1.82, 2.24) is 4.90 Å². The van der Waals surface area contributed by atoms with Gasteiger partial charge in [-0.3, -0.25) is 4.90 Å². The summed E-state index contributed by atoms with van der Waals surface area (Å²) in [4.78, 5) is 2.21. The van der Waals surface area contributed by atoms with Crippen LogP contribution in [0.15, 0.2) is 24.3 Å². The largest absolute Gasteiger partial charge is 0.508 e. The second kappa shape index (κ2) is 6.37. The van der Waals surface area contributed by atoms with Gasteiger partial charge in [-0.2, -0.15) is 0 Å². The third-order valence-electron chi connectivity index (χ3n) is 4.12. The average molecular weight is 265 g/mol. The highest BCUT2D eigenvalue weighted by Gasteiger charge is 2.31. The molecule has 1 aliphatic rings. The maximum absolute atomic E-state index is 10.2. The van der Waals surface area contributed by atoms with E-state index >= 15 is 0 Å². The van der Waals surface area contributed by atoms with Crippen molar-refractivity contribution in [3.05, 3.63) is 29.8 Å². The summed E-state index contributed by atoms with van der Waals surface area (Å²) in [6.45, 7) is 4.75. The van der Waals surface area contributed by atoms with Crippen molar-refractivity contribution in [3.63, 3.8) is 0 Å². The number of phenolic OH excluding ortho intramolecular Hbond substituents is 1. The molecule has 4 nitrogen and oxygen atoms in total. The van der Waals surface area contributed by atoms with Gasteiger partial charge < -0.3 is 15.3 Å². The number of β-amino-alcohol motifs (C(OH)–C–C–N with tert-alkyl or cyclic N) is 1. The van der Waals surface area contributed by atoms with E-state index in [2.05, 4.69) is 11.8 Å². The SMILES string of the molecule is CC[C@@H]1CN(CC(O)c2ccc(O)cc2)C[C@@H]1CO. The highest BCUT2D eigenvalue weighted by molar-refractivity contribution is 5.27. The van der Waals surface area contributed by atoms with Gasteiger partial charge in [-0.15, -0.1) is 0 Å². The Morgan fingerprint density at radius 3 is 2.37 bits per heavy atom. The van der Waals surface area contributed by atoms with Gasteiger partial charge in [0.25, 0.3) is 0 Å². The van der Waals surface area contributed by atoms with Crippen LogP contribution in [0.2, 0.25) is 0 Å². The summed E-state index contributed by atoms with van der Waals surface area (Å²) < 4.78 is 0. The molecule has 1 aliphatic heterocycles. The lowest BCUT2D eigenvalue weighted by Gasteiger charge is -2.20. The number of likely N-dealkylation sites (tertiary alicyclic amines) is 1. The quantitative estimate of drug-likeness (QED) is 0.752. The monoisotopic (exact) mass is 265 g/mol. The number of rotatable bonds is 5. The summed E-state index contributed by atoms with van der Waals surface area (Å²) in [5.41, 5.74) is 0.818. The second-order valence-corrected chi connectivity index (χ2v) is 5.44. The molecule has 106 valence electrons. The summed E-state index contributed by atoms with van der Waals surface area (Å²) in [5.74, 6) is 1.07. The van der Waals surface area contributed by atoms with Gasteiger partial charge in [0.1, 0.15) is 5.75 Å². The minimum Gasteiger partial charge on any atom is -0.508 e. The van der Waals surface area contributed by atoms with E-state index in [1.165, 1.54) is 0 Å². The molecule has 19 heavy (non-hydrogen) atoms. The molecule has 1 saturated heterocycles. The molecule has 1 unspecified atom stereocenters. The van der Waals surface area contributed by atoms with Crippen LogP contribution < -0.4 is 0 Å². The first-order chi connectivity index (χ1) is 9.13. The summed E-state index contributed by atoms with van der Waals surface area (Å²) in [7, 11) is 0. The van der Waals surface area contributed by atoms with Crippen molar-refractivity contribution < 1.29 is 15.3 Å². The number of hydrogen-bond donors (Lipinski definition) is 3. The average Bonchev–Trinajstić information content (AvgIpc) is 2.81. The highest BCUT2D eigenvalue weighted by atomic mass is 16.3. The fraction of sp³-hybridized carbons (Fsp3) is 0.600. The van der Waals surface area contributed by atoms with E-state index in [4.69, 9.17) is 0 Å². The van der Waals surface area contributed by atoms with Crippen molar-refractivity contribution in [2.24, 2.45) is 11.8 Å². The van der Waals surface area contributed by atoms with E-state index in [9.17, 15) is 15.3 Å². The maximum atomic E-state index is 10.2. The molecule has 1 aromatic carbocycles. The molecule has 3 atom stereocenters. The fourth-order valence-electron chi connectivity index (χ4n) is 2.90. The van der Waals surface area contributed by atoms with Crippen molar-refractivity contribution in [2.45, 2.75) is 19.4 Å². The summed E-state index contributed by atoms with van der Waals surface area (Å²) in [5, 5.41) is 28.8. The van der Waals surface area contributed by atoms with Gasteiger partial charge in [0.2, 0.25) is 0 Å². The fourth-order valence-corrected chi connectivity index (χ4v) is 2.90. The van der Waals surface area contributed by atoms with Gasteiger partial charge in [0.15, 0.2) is 0 Å². The zero-order valence-electron chi connectivity index (χ0n) is 11.4. The van der Waals surface area contributed by atoms with Crippen molar-refractivity contribution in [2.75, 3.05) is 26.2 Å². The molecule has 0 saturated carbocycles. The molecule has 0 bridgehead atoms. The van der Waals surface area contributed by atoms with Gasteiger partial charge in [0, 0.05) is 26.2 Å². The maximum Gasteiger partial charge on any atom is 0.115 e. The van der Waals surface area contributed by atoms with E-state index < -0.39 is 6.10 Å². The third-order valence-corrected chi connectivity index (χ3v) is 4.12. The van der Waals surface area contributed by atoms with Crippen LogP contribution in [-0.2, 0) is 0 Å². The molecule has 1 heterocycles. The Bertz CT molecular complexity index is 381. The van der Waals surface area contributed by atoms with Crippen LogP contribution in [0.5, 0.6) is 5.75 Å². The number of aliphatic hydroxyl groups is 2. The van der Waals surface area contributed by atoms with Crippen LogP contribution in [0.4, 0.5) is 0 Å². The second-order valence-electron chi connectivity index (χ2n) is 5.44. The van der Waals surface area contributed by atoms with E-state index in [1.807, 2.05) is 0 Å². The van der Waals surface area contributed by atoms with Gasteiger partial charge in [-0.1, -0.05) is 25.5 Å². The van der Waals surface area contributed by atoms with Crippen LogP contribution in [-0.4, -0.2) is 46.5 Å². The molecule has 2 rings (SSSR count). The smallest absolute Gasteiger partial charge is 0.115 e. The molecule has 4 heteroatoms. The first-order valence-corrected chi connectivity index (χ1v) is 6.94. The molecule has 0 aliphatic carbocycles. The van der Waals surface area contributed by atoms with Crippen LogP contribution >= 0.6 is 0 Å². The summed E-state index contributed by atoms with van der Waals surface area (Å²) in [6.07, 6.45) is 0.521. The Kier molecular flexibility index (Phi) is 4.80. The number of nitrogens with zero attached hydrogens (tertiary/aromatic N) is 1. The number of benzene rings is 1. The standard InChI is InChI=1S/C15H23NO3/c1-2-11-7-16(8-13(11)10-17)9-15(19)12-3-5-14(18)6-4-12/h3-6,11,13,15,17-19H,2,7-10H2,1H3/t11-,13-,15?/m1/s1. The van der Waals surface area contributed by atoms with Gasteiger partial charge in [-0.05, 0) is 29.5 Å². The Morgan fingerprint density at radius 1 is 1.21 bits per heavy atom. The van der Waals surface area contributed by atoms with E-state index in [0.717, 1.165) is 25.1 Å². The summed E-state index contributed by atoms with van der Waals surface area (Å²) in [6, 6.07) is 6.68.